The van der Waals surface area contributed by atoms with Gasteiger partial charge in [-0.25, -0.2) is 5.01 Å². The van der Waals surface area contributed by atoms with E-state index in [4.69, 9.17) is 14.2 Å². The molecule has 0 fully saturated rings. The normalized spacial score (nSPS) is 14.9. The number of hydrazone groups is 1. The van der Waals surface area contributed by atoms with Crippen molar-refractivity contribution >= 4 is 17.5 Å². The van der Waals surface area contributed by atoms with Crippen LogP contribution in [0.4, 0.5) is 13.2 Å². The van der Waals surface area contributed by atoms with E-state index in [1.165, 1.54) is 17.0 Å². The van der Waals surface area contributed by atoms with Crippen LogP contribution in [0.2, 0.25) is 0 Å². The van der Waals surface area contributed by atoms with Gasteiger partial charge in [-0.05, 0) is 54.1 Å². The lowest BCUT2D eigenvalue weighted by atomic mass is 9.98. The minimum Gasteiger partial charge on any atom is -0.497 e. The van der Waals surface area contributed by atoms with Gasteiger partial charge in [0.2, 0.25) is 0 Å². The van der Waals surface area contributed by atoms with E-state index in [0.717, 1.165) is 35.4 Å². The third-order valence-corrected chi connectivity index (χ3v) is 6.71. The second-order valence-electron chi connectivity index (χ2n) is 9.30. The fourth-order valence-corrected chi connectivity index (χ4v) is 4.48. The fourth-order valence-electron chi connectivity index (χ4n) is 4.48. The summed E-state index contributed by atoms with van der Waals surface area (Å²) in [6.07, 6.45) is -4.12. The Morgan fingerprint density at radius 1 is 0.951 bits per heavy atom. The molecule has 0 aromatic heterocycles. The highest BCUT2D eigenvalue weighted by molar-refractivity contribution is 6.04. The van der Waals surface area contributed by atoms with Crippen molar-refractivity contribution in [3.8, 4) is 11.5 Å². The summed E-state index contributed by atoms with van der Waals surface area (Å²) < 4.78 is 54.8. The average Bonchev–Trinajstić information content (AvgIpc) is 3.44. The molecule has 0 spiro atoms. The summed E-state index contributed by atoms with van der Waals surface area (Å²) in [6.45, 7) is -0.180. The second kappa shape index (κ2) is 12.9. The third kappa shape index (κ3) is 7.04. The van der Waals surface area contributed by atoms with Gasteiger partial charge in [0.1, 0.15) is 18.0 Å². The summed E-state index contributed by atoms with van der Waals surface area (Å²) in [7, 11) is 4.58. The van der Waals surface area contributed by atoms with Crippen molar-refractivity contribution in [1.29, 1.82) is 0 Å². The van der Waals surface area contributed by atoms with Gasteiger partial charge in [0.15, 0.2) is 0 Å². The van der Waals surface area contributed by atoms with Gasteiger partial charge < -0.3 is 19.1 Å². The van der Waals surface area contributed by atoms with Crippen molar-refractivity contribution in [2.24, 2.45) is 5.10 Å². The standard InChI is InChI=1S/C30H30F3N3O5/c1-39-16-15-35(29(38)21-7-11-23(12-8-21)30(31,32)33)19-28(37)36-27(20-9-13-24(40-2)14-10-20)18-26(34-36)22-5-4-6-25(17-22)41-3/h4-14,17,27H,15-16,18-19H2,1-3H3/t27-/m0/s1. The number of amides is 2. The molecule has 3 aromatic carbocycles. The van der Waals surface area contributed by atoms with Gasteiger partial charge in [-0.1, -0.05) is 24.3 Å². The van der Waals surface area contributed by atoms with Crippen LogP contribution in [-0.4, -0.2) is 68.5 Å². The Bertz CT molecular complexity index is 1390. The number of halogens is 3. The SMILES string of the molecule is COCCN(CC(=O)N1N=C(c2cccc(OC)c2)C[C@H]1c1ccc(OC)cc1)C(=O)c1ccc(C(F)(F)F)cc1. The lowest BCUT2D eigenvalue weighted by molar-refractivity contribution is -0.137. The Hall–Kier alpha value is -4.38. The largest absolute Gasteiger partial charge is 0.497 e. The number of carbonyl (C=O) groups is 2. The van der Waals surface area contributed by atoms with Gasteiger partial charge in [-0.2, -0.15) is 18.3 Å². The maximum Gasteiger partial charge on any atom is 0.416 e. The lowest BCUT2D eigenvalue weighted by Crippen LogP contribution is -2.42. The van der Waals surface area contributed by atoms with Gasteiger partial charge in [-0.15, -0.1) is 0 Å². The van der Waals surface area contributed by atoms with Crippen LogP contribution in [0.3, 0.4) is 0 Å². The van der Waals surface area contributed by atoms with Crippen LogP contribution in [0.25, 0.3) is 0 Å². The van der Waals surface area contributed by atoms with Crippen molar-refractivity contribution in [3.63, 3.8) is 0 Å². The first-order chi connectivity index (χ1) is 19.6. The summed E-state index contributed by atoms with van der Waals surface area (Å²) in [5.74, 6) is 0.247. The average molecular weight is 570 g/mol. The molecule has 1 atom stereocenters. The first-order valence-corrected chi connectivity index (χ1v) is 12.8. The van der Waals surface area contributed by atoms with Gasteiger partial charge in [0.05, 0.1) is 38.1 Å². The molecule has 11 heteroatoms. The maximum atomic E-state index is 13.7. The minimum atomic E-state index is -4.53. The molecule has 1 aliphatic heterocycles. The predicted octanol–water partition coefficient (Wildman–Crippen LogP) is 5.19. The molecule has 1 heterocycles. The molecule has 0 bridgehead atoms. The van der Waals surface area contributed by atoms with Crippen LogP contribution in [0.5, 0.6) is 11.5 Å². The number of benzene rings is 3. The first kappa shape index (κ1) is 29.6. The van der Waals surface area contributed by atoms with E-state index in [0.29, 0.717) is 23.6 Å². The Labute approximate surface area is 235 Å². The number of alkyl halides is 3. The molecule has 4 rings (SSSR count). The van der Waals surface area contributed by atoms with Crippen LogP contribution < -0.4 is 9.47 Å². The fraction of sp³-hybridized carbons (Fsp3) is 0.300. The zero-order chi connectivity index (χ0) is 29.6. The van der Waals surface area contributed by atoms with Crippen LogP contribution in [0.1, 0.15) is 39.5 Å². The first-order valence-electron chi connectivity index (χ1n) is 12.8. The number of hydrogen-bond acceptors (Lipinski definition) is 6. The van der Waals surface area contributed by atoms with E-state index in [2.05, 4.69) is 5.10 Å². The Morgan fingerprint density at radius 3 is 2.24 bits per heavy atom. The van der Waals surface area contributed by atoms with E-state index in [1.807, 2.05) is 36.4 Å². The zero-order valence-corrected chi connectivity index (χ0v) is 22.9. The van der Waals surface area contributed by atoms with Crippen molar-refractivity contribution < 1.29 is 37.0 Å². The lowest BCUT2D eigenvalue weighted by Gasteiger charge is -2.27. The summed E-state index contributed by atoms with van der Waals surface area (Å²) in [5.41, 5.74) is 1.42. The van der Waals surface area contributed by atoms with E-state index in [9.17, 15) is 22.8 Å². The molecule has 3 aromatic rings. The molecule has 0 saturated heterocycles. The molecule has 1 aliphatic rings. The maximum absolute atomic E-state index is 13.7. The highest BCUT2D eigenvalue weighted by atomic mass is 19.4. The Morgan fingerprint density at radius 2 is 1.63 bits per heavy atom. The molecular weight excluding hydrogens is 539 g/mol. The van der Waals surface area contributed by atoms with Crippen LogP contribution in [0, 0.1) is 0 Å². The molecule has 0 unspecified atom stereocenters. The molecule has 0 radical (unpaired) electrons. The van der Waals surface area contributed by atoms with Crippen molar-refractivity contribution in [2.45, 2.75) is 18.6 Å². The van der Waals surface area contributed by atoms with Gasteiger partial charge >= 0.3 is 6.18 Å². The number of hydrogen-bond donors (Lipinski definition) is 0. The number of rotatable bonds is 10. The second-order valence-corrected chi connectivity index (χ2v) is 9.30. The topological polar surface area (TPSA) is 80.7 Å². The number of methoxy groups -OCH3 is 3. The van der Waals surface area contributed by atoms with Crippen LogP contribution in [-0.2, 0) is 15.7 Å². The van der Waals surface area contributed by atoms with Gasteiger partial charge in [0.25, 0.3) is 11.8 Å². The van der Waals surface area contributed by atoms with E-state index in [1.54, 1.807) is 26.4 Å². The predicted molar refractivity (Wildman–Crippen MR) is 146 cm³/mol. The molecule has 0 N–H and O–H groups in total. The van der Waals surface area contributed by atoms with Gasteiger partial charge in [0, 0.05) is 31.2 Å². The Kier molecular flexibility index (Phi) is 9.28. The smallest absolute Gasteiger partial charge is 0.416 e. The summed E-state index contributed by atoms with van der Waals surface area (Å²) in [5, 5.41) is 6.02. The summed E-state index contributed by atoms with van der Waals surface area (Å²) in [6, 6.07) is 18.1. The summed E-state index contributed by atoms with van der Waals surface area (Å²) in [4.78, 5) is 28.3. The zero-order valence-electron chi connectivity index (χ0n) is 22.9. The van der Waals surface area contributed by atoms with E-state index < -0.39 is 29.6 Å². The molecule has 8 nitrogen and oxygen atoms in total. The molecule has 216 valence electrons. The van der Waals surface area contributed by atoms with Crippen LogP contribution >= 0.6 is 0 Å². The van der Waals surface area contributed by atoms with Crippen molar-refractivity contribution in [1.82, 2.24) is 9.91 Å². The Balaban J connectivity index is 1.63. The molecular formula is C30H30F3N3O5. The molecule has 0 aliphatic carbocycles. The highest BCUT2D eigenvalue weighted by Gasteiger charge is 2.35. The number of nitrogens with zero attached hydrogens (tertiary/aromatic N) is 3. The van der Waals surface area contributed by atoms with Crippen LogP contribution in [0.15, 0.2) is 77.9 Å². The summed E-state index contributed by atoms with van der Waals surface area (Å²) >= 11 is 0. The molecule has 2 amide bonds. The number of carbonyl (C=O) groups excluding carboxylic acids is 2. The molecule has 41 heavy (non-hydrogen) atoms. The van der Waals surface area contributed by atoms with Crippen molar-refractivity contribution in [2.75, 3.05) is 41.0 Å². The van der Waals surface area contributed by atoms with Gasteiger partial charge in [-0.3, -0.25) is 9.59 Å². The minimum absolute atomic E-state index is 0.0237. The molecule has 0 saturated carbocycles. The highest BCUT2D eigenvalue weighted by Crippen LogP contribution is 2.34. The van der Waals surface area contributed by atoms with E-state index >= 15 is 0 Å². The monoisotopic (exact) mass is 569 g/mol. The number of ether oxygens (including phenoxy) is 3. The van der Waals surface area contributed by atoms with Crippen molar-refractivity contribution in [3.05, 3.63) is 95.1 Å². The quantitative estimate of drug-likeness (QED) is 0.336. The third-order valence-electron chi connectivity index (χ3n) is 6.71. The van der Waals surface area contributed by atoms with E-state index in [-0.39, 0.29) is 25.3 Å².